The summed E-state index contributed by atoms with van der Waals surface area (Å²) in [6, 6.07) is 0. The minimum Gasteiger partial charge on any atom is -0.295 e. The van der Waals surface area contributed by atoms with Gasteiger partial charge in [0.05, 0.1) is 0 Å². The average Bonchev–Trinajstić information content (AvgIpc) is 1.68. The van der Waals surface area contributed by atoms with Gasteiger partial charge in [0.1, 0.15) is 0 Å². The minimum atomic E-state index is -1.94. The van der Waals surface area contributed by atoms with Crippen LogP contribution in [0.4, 0.5) is 8.78 Å². The van der Waals surface area contributed by atoms with Crippen LogP contribution in [0.25, 0.3) is 0 Å². The van der Waals surface area contributed by atoms with E-state index in [0.717, 1.165) is 6.92 Å². The molecule has 0 rings (SSSR count). The lowest BCUT2D eigenvalue weighted by atomic mass is 10.4. The molecule has 9 heavy (non-hydrogen) atoms. The first-order valence-corrected chi connectivity index (χ1v) is 2.66. The number of carbonyl (C=O) groups is 1. The van der Waals surface area contributed by atoms with Crippen LogP contribution in [0.1, 0.15) is 20.8 Å². The molecule has 0 saturated heterocycles. The lowest BCUT2D eigenvalue weighted by Gasteiger charge is -1.72. The van der Waals surface area contributed by atoms with Crippen molar-refractivity contribution in [2.75, 3.05) is 0 Å². The molecule has 0 amide bonds. The zero-order valence-corrected chi connectivity index (χ0v) is 5.74. The first-order chi connectivity index (χ1) is 4.13. The highest BCUT2D eigenvalue weighted by molar-refractivity contribution is 5.87. The van der Waals surface area contributed by atoms with Gasteiger partial charge in [0, 0.05) is 6.08 Å². The van der Waals surface area contributed by atoms with Gasteiger partial charge < -0.3 is 0 Å². The Morgan fingerprint density at radius 3 is 1.67 bits per heavy atom. The second kappa shape index (κ2) is 7.27. The molecule has 0 spiro atoms. The van der Waals surface area contributed by atoms with Gasteiger partial charge in [-0.2, -0.15) is 8.78 Å². The Kier molecular flexibility index (Phi) is 8.98. The summed E-state index contributed by atoms with van der Waals surface area (Å²) in [6.07, 6.45) is -1.66. The molecule has 3 heteroatoms. The van der Waals surface area contributed by atoms with Crippen LogP contribution in [-0.4, -0.2) is 5.78 Å². The fourth-order valence-corrected chi connectivity index (χ4v) is 0.154. The summed E-state index contributed by atoms with van der Waals surface area (Å²) in [6.45, 7) is 5.07. The molecule has 0 saturated carbocycles. The number of carbonyl (C=O) groups excluding carboxylic acids is 1. The first kappa shape index (κ1) is 11.1. The fraction of sp³-hybridized carbons (Fsp3) is 0.500. The van der Waals surface area contributed by atoms with Crippen molar-refractivity contribution in [1.82, 2.24) is 0 Å². The van der Waals surface area contributed by atoms with Crippen molar-refractivity contribution in [1.29, 1.82) is 0 Å². The van der Waals surface area contributed by atoms with Crippen molar-refractivity contribution in [3.05, 3.63) is 12.2 Å². The monoisotopic (exact) mass is 136 g/mol. The minimum absolute atomic E-state index is 0.278. The molecule has 54 valence electrons. The van der Waals surface area contributed by atoms with Gasteiger partial charge >= 0.3 is 0 Å². The lowest BCUT2D eigenvalue weighted by molar-refractivity contribution is -0.112. The predicted molar refractivity (Wildman–Crippen MR) is 32.3 cm³/mol. The van der Waals surface area contributed by atoms with Gasteiger partial charge in [-0.25, -0.2) is 0 Å². The van der Waals surface area contributed by atoms with E-state index in [2.05, 4.69) is 0 Å². The molecule has 0 radical (unpaired) electrons. The highest BCUT2D eigenvalue weighted by Gasteiger charge is 1.88. The van der Waals surface area contributed by atoms with Crippen LogP contribution in [-0.2, 0) is 4.79 Å². The highest BCUT2D eigenvalue weighted by Crippen LogP contribution is 1.94. The van der Waals surface area contributed by atoms with E-state index in [-0.39, 0.29) is 6.08 Å². The summed E-state index contributed by atoms with van der Waals surface area (Å²) in [5.74, 6) is -0.625. The van der Waals surface area contributed by atoms with Gasteiger partial charge in [-0.05, 0) is 6.92 Å². The zero-order chi connectivity index (χ0) is 7.86. The number of rotatable bonds is 1. The molecule has 0 atom stereocenters. The highest BCUT2D eigenvalue weighted by atomic mass is 19.3. The van der Waals surface area contributed by atoms with Crippen LogP contribution in [0, 0.1) is 0 Å². The van der Waals surface area contributed by atoms with Gasteiger partial charge in [-0.3, -0.25) is 4.79 Å². The molecule has 1 nitrogen and oxygen atoms in total. The number of hydrogen-bond donors (Lipinski definition) is 0. The largest absolute Gasteiger partial charge is 0.295 e. The summed E-state index contributed by atoms with van der Waals surface area (Å²) >= 11 is 0. The standard InChI is InChI=1S/C4H4F2O.C2H6/c1-3(7)2-4(5)6;1-2/h2H,1H3;1-2H3. The number of halogens is 2. The molecule has 0 unspecified atom stereocenters. The zero-order valence-electron chi connectivity index (χ0n) is 5.74. The molecule has 0 aliphatic heterocycles. The Hall–Kier alpha value is -0.730. The van der Waals surface area contributed by atoms with Crippen LogP contribution < -0.4 is 0 Å². The maximum absolute atomic E-state index is 10.9. The Labute approximate surface area is 53.4 Å². The van der Waals surface area contributed by atoms with E-state index < -0.39 is 11.9 Å². The van der Waals surface area contributed by atoms with E-state index in [9.17, 15) is 13.6 Å². The molecule has 0 aliphatic carbocycles. The van der Waals surface area contributed by atoms with E-state index in [1.807, 2.05) is 13.8 Å². The Morgan fingerprint density at radius 1 is 1.33 bits per heavy atom. The Balaban J connectivity index is 0. The Bertz CT molecular complexity index is 104. The smallest absolute Gasteiger partial charge is 0.273 e. The number of allylic oxidation sites excluding steroid dienone is 1. The molecule has 0 fully saturated rings. The molecule has 0 aromatic rings. The average molecular weight is 136 g/mol. The van der Waals surface area contributed by atoms with Gasteiger partial charge in [0.2, 0.25) is 0 Å². The molecule has 0 N–H and O–H groups in total. The van der Waals surface area contributed by atoms with Crippen molar-refractivity contribution in [3.8, 4) is 0 Å². The molecule has 0 aromatic carbocycles. The molecule has 0 aromatic heterocycles. The lowest BCUT2D eigenvalue weighted by Crippen LogP contribution is -1.79. The second-order valence-corrected chi connectivity index (χ2v) is 1.04. The van der Waals surface area contributed by atoms with Gasteiger partial charge in [0.15, 0.2) is 5.78 Å². The second-order valence-electron chi connectivity index (χ2n) is 1.04. The van der Waals surface area contributed by atoms with E-state index in [0.29, 0.717) is 0 Å². The van der Waals surface area contributed by atoms with E-state index >= 15 is 0 Å². The summed E-state index contributed by atoms with van der Waals surface area (Å²) in [5.41, 5.74) is 0. The van der Waals surface area contributed by atoms with Crippen molar-refractivity contribution >= 4 is 5.78 Å². The van der Waals surface area contributed by atoms with Crippen LogP contribution in [0.2, 0.25) is 0 Å². The van der Waals surface area contributed by atoms with Gasteiger partial charge in [0.25, 0.3) is 6.08 Å². The van der Waals surface area contributed by atoms with Crippen molar-refractivity contribution in [3.63, 3.8) is 0 Å². The fourth-order valence-electron chi connectivity index (χ4n) is 0.154. The summed E-state index contributed by atoms with van der Waals surface area (Å²) in [7, 11) is 0. The summed E-state index contributed by atoms with van der Waals surface area (Å²) < 4.78 is 21.9. The quantitative estimate of drug-likeness (QED) is 0.506. The van der Waals surface area contributed by atoms with Crippen LogP contribution in [0.3, 0.4) is 0 Å². The van der Waals surface area contributed by atoms with Crippen molar-refractivity contribution < 1.29 is 13.6 Å². The molecule has 0 heterocycles. The van der Waals surface area contributed by atoms with Crippen LogP contribution >= 0.6 is 0 Å². The molecule has 0 bridgehead atoms. The number of ketones is 1. The van der Waals surface area contributed by atoms with E-state index in [4.69, 9.17) is 0 Å². The summed E-state index contributed by atoms with van der Waals surface area (Å²) in [4.78, 5) is 9.70. The summed E-state index contributed by atoms with van der Waals surface area (Å²) in [5, 5.41) is 0. The molecular formula is C6H10F2O. The third kappa shape index (κ3) is 18.9. The third-order valence-electron chi connectivity index (χ3n) is 0.312. The predicted octanol–water partition coefficient (Wildman–Crippen LogP) is 2.38. The topological polar surface area (TPSA) is 17.1 Å². The van der Waals surface area contributed by atoms with Crippen molar-refractivity contribution in [2.45, 2.75) is 20.8 Å². The number of hydrogen-bond acceptors (Lipinski definition) is 1. The SMILES string of the molecule is CC.CC(=O)C=C(F)F. The van der Waals surface area contributed by atoms with Gasteiger partial charge in [-0.15, -0.1) is 0 Å². The van der Waals surface area contributed by atoms with Crippen LogP contribution in [0.5, 0.6) is 0 Å². The van der Waals surface area contributed by atoms with Crippen molar-refractivity contribution in [2.24, 2.45) is 0 Å². The molecular weight excluding hydrogens is 126 g/mol. The maximum atomic E-state index is 10.9. The van der Waals surface area contributed by atoms with Crippen LogP contribution in [0.15, 0.2) is 12.2 Å². The van der Waals surface area contributed by atoms with E-state index in [1.165, 1.54) is 0 Å². The van der Waals surface area contributed by atoms with Gasteiger partial charge in [-0.1, -0.05) is 13.8 Å². The first-order valence-electron chi connectivity index (χ1n) is 2.66. The molecule has 0 aliphatic rings. The third-order valence-corrected chi connectivity index (χ3v) is 0.312. The normalized spacial score (nSPS) is 6.78. The Morgan fingerprint density at radius 2 is 1.67 bits per heavy atom. The van der Waals surface area contributed by atoms with E-state index in [1.54, 1.807) is 0 Å². The maximum Gasteiger partial charge on any atom is 0.273 e.